The van der Waals surface area contributed by atoms with Crippen molar-refractivity contribution in [1.82, 2.24) is 0 Å². The minimum atomic E-state index is -0.428. The molecule has 1 aromatic heterocycles. The lowest BCUT2D eigenvalue weighted by Crippen LogP contribution is -1.97. The maximum absolute atomic E-state index is 10.5. The van der Waals surface area contributed by atoms with E-state index >= 15 is 0 Å². The predicted molar refractivity (Wildman–Crippen MR) is 69.5 cm³/mol. The second kappa shape index (κ2) is 5.29. The summed E-state index contributed by atoms with van der Waals surface area (Å²) in [7, 11) is 0. The molecule has 0 spiro atoms. The summed E-state index contributed by atoms with van der Waals surface area (Å²) >= 11 is 1.51. The SMILES string of the molecule is N#Cc1csc(CNc2ccc([N+](=O)[O-])cc2)c1. The molecule has 1 aromatic carbocycles. The molecule has 18 heavy (non-hydrogen) atoms. The summed E-state index contributed by atoms with van der Waals surface area (Å²) in [5.41, 5.74) is 1.54. The van der Waals surface area contributed by atoms with Crippen molar-refractivity contribution in [3.8, 4) is 6.07 Å². The number of thiophene rings is 1. The maximum Gasteiger partial charge on any atom is 0.269 e. The molecule has 5 nitrogen and oxygen atoms in total. The van der Waals surface area contributed by atoms with Gasteiger partial charge in [-0.3, -0.25) is 10.1 Å². The molecule has 0 amide bonds. The van der Waals surface area contributed by atoms with Crippen LogP contribution in [0.1, 0.15) is 10.4 Å². The molecule has 0 aliphatic heterocycles. The van der Waals surface area contributed by atoms with E-state index in [0.29, 0.717) is 12.1 Å². The molecular formula is C12H9N3O2S. The number of benzene rings is 1. The van der Waals surface area contributed by atoms with Gasteiger partial charge < -0.3 is 5.32 Å². The van der Waals surface area contributed by atoms with Gasteiger partial charge in [-0.1, -0.05) is 0 Å². The van der Waals surface area contributed by atoms with Crippen molar-refractivity contribution in [2.75, 3.05) is 5.32 Å². The van der Waals surface area contributed by atoms with Crippen LogP contribution in [0.25, 0.3) is 0 Å². The van der Waals surface area contributed by atoms with Crippen LogP contribution in [0.15, 0.2) is 35.7 Å². The van der Waals surface area contributed by atoms with Gasteiger partial charge in [0.25, 0.3) is 5.69 Å². The van der Waals surface area contributed by atoms with Gasteiger partial charge in [-0.2, -0.15) is 5.26 Å². The van der Waals surface area contributed by atoms with Crippen molar-refractivity contribution < 1.29 is 4.92 Å². The summed E-state index contributed by atoms with van der Waals surface area (Å²) < 4.78 is 0. The zero-order valence-electron chi connectivity index (χ0n) is 9.29. The number of hydrogen-bond donors (Lipinski definition) is 1. The van der Waals surface area contributed by atoms with Crippen LogP contribution < -0.4 is 5.32 Å². The van der Waals surface area contributed by atoms with Gasteiger partial charge in [-0.05, 0) is 18.2 Å². The normalized spacial score (nSPS) is 9.72. The summed E-state index contributed by atoms with van der Waals surface area (Å²) in [5, 5.41) is 24.1. The molecular weight excluding hydrogens is 250 g/mol. The monoisotopic (exact) mass is 259 g/mol. The number of nitriles is 1. The lowest BCUT2D eigenvalue weighted by atomic mass is 10.3. The van der Waals surface area contributed by atoms with E-state index in [4.69, 9.17) is 5.26 Å². The number of non-ortho nitro benzene ring substituents is 1. The Balaban J connectivity index is 1.98. The highest BCUT2D eigenvalue weighted by molar-refractivity contribution is 7.10. The summed E-state index contributed by atoms with van der Waals surface area (Å²) in [6.45, 7) is 0.601. The van der Waals surface area contributed by atoms with Crippen molar-refractivity contribution in [3.05, 3.63) is 56.3 Å². The molecule has 0 fully saturated rings. The number of rotatable bonds is 4. The van der Waals surface area contributed by atoms with Gasteiger partial charge in [-0.15, -0.1) is 11.3 Å². The Hall–Kier alpha value is -2.39. The van der Waals surface area contributed by atoms with E-state index in [0.717, 1.165) is 10.6 Å². The van der Waals surface area contributed by atoms with Crippen LogP contribution in [0.5, 0.6) is 0 Å². The Morgan fingerprint density at radius 1 is 1.39 bits per heavy atom. The average Bonchev–Trinajstić information content (AvgIpc) is 2.85. The molecule has 2 aromatic rings. The Morgan fingerprint density at radius 3 is 2.67 bits per heavy atom. The first-order valence-electron chi connectivity index (χ1n) is 5.15. The molecule has 0 radical (unpaired) electrons. The van der Waals surface area contributed by atoms with Crippen molar-refractivity contribution in [2.45, 2.75) is 6.54 Å². The molecule has 1 N–H and O–H groups in total. The topological polar surface area (TPSA) is 79.0 Å². The highest BCUT2D eigenvalue weighted by Gasteiger charge is 2.04. The number of nitro benzene ring substituents is 1. The highest BCUT2D eigenvalue weighted by Crippen LogP contribution is 2.18. The molecule has 0 aliphatic carbocycles. The summed E-state index contributed by atoms with van der Waals surface area (Å²) in [6.07, 6.45) is 0. The van der Waals surface area contributed by atoms with Crippen molar-refractivity contribution in [1.29, 1.82) is 5.26 Å². The van der Waals surface area contributed by atoms with Crippen LogP contribution in [0, 0.1) is 21.4 Å². The van der Waals surface area contributed by atoms with E-state index in [-0.39, 0.29) is 5.69 Å². The number of nitrogens with zero attached hydrogens (tertiary/aromatic N) is 2. The van der Waals surface area contributed by atoms with Crippen molar-refractivity contribution in [3.63, 3.8) is 0 Å². The van der Waals surface area contributed by atoms with Gasteiger partial charge in [-0.25, -0.2) is 0 Å². The molecule has 0 saturated carbocycles. The zero-order chi connectivity index (χ0) is 13.0. The first-order chi connectivity index (χ1) is 8.69. The zero-order valence-corrected chi connectivity index (χ0v) is 10.1. The Kier molecular flexibility index (Phi) is 3.55. The number of nitrogens with one attached hydrogen (secondary N) is 1. The third kappa shape index (κ3) is 2.84. The van der Waals surface area contributed by atoms with Gasteiger partial charge in [0, 0.05) is 34.6 Å². The lowest BCUT2D eigenvalue weighted by Gasteiger charge is -2.03. The third-order valence-electron chi connectivity index (χ3n) is 2.33. The largest absolute Gasteiger partial charge is 0.380 e. The highest BCUT2D eigenvalue weighted by atomic mass is 32.1. The van der Waals surface area contributed by atoms with E-state index in [1.807, 2.05) is 6.07 Å². The summed E-state index contributed by atoms with van der Waals surface area (Å²) in [5.74, 6) is 0. The molecule has 0 saturated heterocycles. The van der Waals surface area contributed by atoms with E-state index < -0.39 is 4.92 Å². The molecule has 1 heterocycles. The Bertz CT molecular complexity index is 599. The van der Waals surface area contributed by atoms with E-state index in [1.165, 1.54) is 23.5 Å². The molecule has 2 rings (SSSR count). The van der Waals surface area contributed by atoms with Gasteiger partial charge in [0.2, 0.25) is 0 Å². The van der Waals surface area contributed by atoms with Gasteiger partial charge in [0.05, 0.1) is 10.5 Å². The van der Waals surface area contributed by atoms with E-state index in [2.05, 4.69) is 11.4 Å². The van der Waals surface area contributed by atoms with E-state index in [9.17, 15) is 10.1 Å². The average molecular weight is 259 g/mol. The molecule has 6 heteroatoms. The summed E-state index contributed by atoms with van der Waals surface area (Å²) in [4.78, 5) is 11.1. The predicted octanol–water partition coefficient (Wildman–Crippen LogP) is 3.14. The fourth-order valence-corrected chi connectivity index (χ4v) is 2.17. The number of nitro groups is 1. The van der Waals surface area contributed by atoms with Crippen LogP contribution in [0.2, 0.25) is 0 Å². The second-order valence-corrected chi connectivity index (χ2v) is 4.57. The third-order valence-corrected chi connectivity index (χ3v) is 3.26. The van der Waals surface area contributed by atoms with Crippen molar-refractivity contribution in [2.24, 2.45) is 0 Å². The maximum atomic E-state index is 10.5. The fourth-order valence-electron chi connectivity index (χ4n) is 1.42. The molecule has 0 aliphatic rings. The van der Waals surface area contributed by atoms with Crippen LogP contribution in [-0.2, 0) is 6.54 Å². The Labute approximate surface area is 107 Å². The Morgan fingerprint density at radius 2 is 2.11 bits per heavy atom. The van der Waals surface area contributed by atoms with Crippen LogP contribution >= 0.6 is 11.3 Å². The molecule has 0 bridgehead atoms. The van der Waals surface area contributed by atoms with Gasteiger partial charge in [0.1, 0.15) is 6.07 Å². The minimum Gasteiger partial charge on any atom is -0.380 e. The minimum absolute atomic E-state index is 0.0726. The molecule has 0 atom stereocenters. The van der Waals surface area contributed by atoms with E-state index in [1.54, 1.807) is 17.5 Å². The number of hydrogen-bond acceptors (Lipinski definition) is 5. The second-order valence-electron chi connectivity index (χ2n) is 3.57. The van der Waals surface area contributed by atoms with Gasteiger partial charge in [0.15, 0.2) is 0 Å². The van der Waals surface area contributed by atoms with Crippen molar-refractivity contribution >= 4 is 22.7 Å². The first kappa shape index (κ1) is 12.1. The standard InChI is InChI=1S/C12H9N3O2S/c13-6-9-5-12(18-8-9)7-14-10-1-3-11(4-2-10)15(16)17/h1-5,8,14H,7H2. The molecule has 0 unspecified atom stereocenters. The molecule has 90 valence electrons. The smallest absolute Gasteiger partial charge is 0.269 e. The quantitative estimate of drug-likeness (QED) is 0.675. The van der Waals surface area contributed by atoms with Crippen LogP contribution in [-0.4, -0.2) is 4.92 Å². The summed E-state index contributed by atoms with van der Waals surface area (Å²) in [6, 6.07) is 10.1. The van der Waals surface area contributed by atoms with Crippen LogP contribution in [0.3, 0.4) is 0 Å². The number of anilines is 1. The fraction of sp³-hybridized carbons (Fsp3) is 0.0833. The van der Waals surface area contributed by atoms with Gasteiger partial charge >= 0.3 is 0 Å². The first-order valence-corrected chi connectivity index (χ1v) is 6.03. The van der Waals surface area contributed by atoms with Crippen LogP contribution in [0.4, 0.5) is 11.4 Å². The lowest BCUT2D eigenvalue weighted by molar-refractivity contribution is -0.384.